The van der Waals surface area contributed by atoms with Crippen molar-refractivity contribution in [1.29, 1.82) is 0 Å². The molecule has 0 radical (unpaired) electrons. The van der Waals surface area contributed by atoms with Crippen LogP contribution in [0.4, 0.5) is 0 Å². The Hall–Kier alpha value is -1.14. The third-order valence-corrected chi connectivity index (χ3v) is 3.08. The molecule has 0 spiro atoms. The molecule has 2 unspecified atom stereocenters. The molecule has 6 nitrogen and oxygen atoms in total. The quantitative estimate of drug-likeness (QED) is 0.599. The number of carbonyl (C=O) groups excluding carboxylic acids is 1. The molecule has 1 aliphatic rings. The lowest BCUT2D eigenvalue weighted by Crippen LogP contribution is -2.48. The zero-order chi connectivity index (χ0) is 12.8. The largest absolute Gasteiger partial charge is 0.481 e. The number of amides is 1. The highest BCUT2D eigenvalue weighted by Gasteiger charge is 2.27. The third-order valence-electron chi connectivity index (χ3n) is 3.08. The number of hydrogen-bond donors (Lipinski definition) is 3. The molecule has 0 saturated carbocycles. The van der Waals surface area contributed by atoms with Gasteiger partial charge in [-0.25, -0.2) is 0 Å². The third kappa shape index (κ3) is 4.32. The van der Waals surface area contributed by atoms with Crippen molar-refractivity contribution in [3.8, 4) is 0 Å². The lowest BCUT2D eigenvalue weighted by atomic mass is 9.94. The van der Waals surface area contributed by atoms with Crippen molar-refractivity contribution in [2.45, 2.75) is 31.7 Å². The van der Waals surface area contributed by atoms with E-state index in [2.05, 4.69) is 0 Å². The first-order valence-electron chi connectivity index (χ1n) is 5.91. The van der Waals surface area contributed by atoms with E-state index in [-0.39, 0.29) is 18.9 Å². The molecule has 98 valence electrons. The van der Waals surface area contributed by atoms with Gasteiger partial charge in [-0.3, -0.25) is 9.59 Å². The van der Waals surface area contributed by atoms with E-state index in [4.69, 9.17) is 15.9 Å². The summed E-state index contributed by atoms with van der Waals surface area (Å²) in [6.45, 7) is 1.33. The van der Waals surface area contributed by atoms with Crippen molar-refractivity contribution in [2.75, 3.05) is 19.7 Å². The molecule has 4 N–H and O–H groups in total. The van der Waals surface area contributed by atoms with Gasteiger partial charge in [-0.15, -0.1) is 0 Å². The maximum Gasteiger partial charge on any atom is 0.305 e. The maximum absolute atomic E-state index is 11.9. The van der Waals surface area contributed by atoms with Gasteiger partial charge in [-0.2, -0.15) is 0 Å². The standard InChI is InChI=1S/C11H20N2O4/c12-9(6-10(15)16)11(17)13-4-1-2-8(7-13)3-5-14/h8-9,14H,1-7,12H2,(H,15,16). The van der Waals surface area contributed by atoms with Gasteiger partial charge in [0.1, 0.15) is 0 Å². The Balaban J connectivity index is 2.48. The minimum absolute atomic E-state index is 0.119. The van der Waals surface area contributed by atoms with Gasteiger partial charge in [0.25, 0.3) is 0 Å². The van der Waals surface area contributed by atoms with Gasteiger partial charge in [0.15, 0.2) is 0 Å². The molecule has 0 aliphatic carbocycles. The van der Waals surface area contributed by atoms with Gasteiger partial charge >= 0.3 is 5.97 Å². The van der Waals surface area contributed by atoms with Gasteiger partial charge in [0, 0.05) is 19.7 Å². The molecule has 1 aliphatic heterocycles. The Morgan fingerprint density at radius 1 is 1.47 bits per heavy atom. The van der Waals surface area contributed by atoms with Crippen molar-refractivity contribution in [2.24, 2.45) is 11.7 Å². The first-order valence-corrected chi connectivity index (χ1v) is 5.91. The fourth-order valence-corrected chi connectivity index (χ4v) is 2.19. The Labute approximate surface area is 100 Å². The minimum Gasteiger partial charge on any atom is -0.481 e. The number of carboxylic acid groups (broad SMARTS) is 1. The van der Waals surface area contributed by atoms with E-state index in [1.807, 2.05) is 0 Å². The molecule has 0 aromatic carbocycles. The Kier molecular flexibility index (Phi) is 5.37. The number of piperidine rings is 1. The molecule has 1 rings (SSSR count). The van der Waals surface area contributed by atoms with Crippen LogP contribution in [0.3, 0.4) is 0 Å². The summed E-state index contributed by atoms with van der Waals surface area (Å²) < 4.78 is 0. The van der Waals surface area contributed by atoms with E-state index in [0.717, 1.165) is 12.8 Å². The summed E-state index contributed by atoms with van der Waals surface area (Å²) in [4.78, 5) is 24.0. The van der Waals surface area contributed by atoms with Crippen LogP contribution in [-0.4, -0.2) is 52.7 Å². The molecule has 17 heavy (non-hydrogen) atoms. The molecule has 2 atom stereocenters. The van der Waals surface area contributed by atoms with E-state index in [0.29, 0.717) is 25.4 Å². The van der Waals surface area contributed by atoms with E-state index in [1.165, 1.54) is 0 Å². The van der Waals surface area contributed by atoms with Crippen molar-refractivity contribution in [3.05, 3.63) is 0 Å². The van der Waals surface area contributed by atoms with Crippen LogP contribution < -0.4 is 5.73 Å². The van der Waals surface area contributed by atoms with Gasteiger partial charge < -0.3 is 20.8 Å². The smallest absolute Gasteiger partial charge is 0.305 e. The summed E-state index contributed by atoms with van der Waals surface area (Å²) in [5.74, 6) is -1.06. The predicted octanol–water partition coefficient (Wildman–Crippen LogP) is -0.591. The van der Waals surface area contributed by atoms with Crippen LogP contribution in [0.5, 0.6) is 0 Å². The number of carbonyl (C=O) groups is 2. The van der Waals surface area contributed by atoms with Crippen molar-refractivity contribution in [3.63, 3.8) is 0 Å². The summed E-state index contributed by atoms with van der Waals surface area (Å²) in [5, 5.41) is 17.4. The monoisotopic (exact) mass is 244 g/mol. The number of rotatable bonds is 5. The van der Waals surface area contributed by atoms with E-state index in [1.54, 1.807) is 4.90 Å². The second-order valence-electron chi connectivity index (χ2n) is 4.51. The molecule has 0 bridgehead atoms. The molecular formula is C11H20N2O4. The van der Waals surface area contributed by atoms with Gasteiger partial charge in [0.05, 0.1) is 12.5 Å². The van der Waals surface area contributed by atoms with Crippen molar-refractivity contribution < 1.29 is 19.8 Å². The fraction of sp³-hybridized carbons (Fsp3) is 0.818. The normalized spacial score (nSPS) is 22.2. The van der Waals surface area contributed by atoms with Gasteiger partial charge in [-0.1, -0.05) is 0 Å². The number of nitrogens with two attached hydrogens (primary N) is 1. The molecule has 1 heterocycles. The Morgan fingerprint density at radius 2 is 2.18 bits per heavy atom. The summed E-state index contributed by atoms with van der Waals surface area (Å²) in [6, 6.07) is -0.958. The fourth-order valence-electron chi connectivity index (χ4n) is 2.19. The minimum atomic E-state index is -1.06. The predicted molar refractivity (Wildman–Crippen MR) is 61.2 cm³/mol. The average Bonchev–Trinajstić information content (AvgIpc) is 2.28. The van der Waals surface area contributed by atoms with Gasteiger partial charge in [-0.05, 0) is 25.2 Å². The van der Waals surface area contributed by atoms with Crippen LogP contribution in [0.2, 0.25) is 0 Å². The Morgan fingerprint density at radius 3 is 2.76 bits per heavy atom. The second kappa shape index (κ2) is 6.56. The van der Waals surface area contributed by atoms with Crippen LogP contribution in [0.25, 0.3) is 0 Å². The highest BCUT2D eigenvalue weighted by Crippen LogP contribution is 2.19. The summed E-state index contributed by atoms with van der Waals surface area (Å²) in [5.41, 5.74) is 5.55. The maximum atomic E-state index is 11.9. The summed E-state index contributed by atoms with van der Waals surface area (Å²) in [6.07, 6.45) is 2.23. The number of hydrogen-bond acceptors (Lipinski definition) is 4. The lowest BCUT2D eigenvalue weighted by molar-refractivity contribution is -0.142. The van der Waals surface area contributed by atoms with Crippen LogP contribution in [0, 0.1) is 5.92 Å². The van der Waals surface area contributed by atoms with E-state index < -0.39 is 12.0 Å². The van der Waals surface area contributed by atoms with Crippen molar-refractivity contribution in [1.82, 2.24) is 4.90 Å². The van der Waals surface area contributed by atoms with Crippen LogP contribution in [0.1, 0.15) is 25.7 Å². The molecule has 0 aromatic heterocycles. The molecule has 1 amide bonds. The van der Waals surface area contributed by atoms with Gasteiger partial charge in [0.2, 0.25) is 5.91 Å². The highest BCUT2D eigenvalue weighted by molar-refractivity contribution is 5.86. The van der Waals surface area contributed by atoms with Crippen LogP contribution >= 0.6 is 0 Å². The zero-order valence-corrected chi connectivity index (χ0v) is 9.84. The van der Waals surface area contributed by atoms with E-state index in [9.17, 15) is 9.59 Å². The molecule has 1 saturated heterocycles. The Bertz CT molecular complexity index is 281. The van der Waals surface area contributed by atoms with E-state index >= 15 is 0 Å². The number of aliphatic hydroxyl groups excluding tert-OH is 1. The topological polar surface area (TPSA) is 104 Å². The average molecular weight is 244 g/mol. The molecule has 6 heteroatoms. The summed E-state index contributed by atoms with van der Waals surface area (Å²) >= 11 is 0. The summed E-state index contributed by atoms with van der Waals surface area (Å²) in [7, 11) is 0. The zero-order valence-electron chi connectivity index (χ0n) is 9.84. The number of likely N-dealkylation sites (tertiary alicyclic amines) is 1. The lowest BCUT2D eigenvalue weighted by Gasteiger charge is -2.33. The number of aliphatic hydroxyl groups is 1. The SMILES string of the molecule is NC(CC(=O)O)C(=O)N1CCCC(CCO)C1. The van der Waals surface area contributed by atoms with Crippen LogP contribution in [-0.2, 0) is 9.59 Å². The molecule has 0 aromatic rings. The second-order valence-corrected chi connectivity index (χ2v) is 4.51. The number of nitrogens with zero attached hydrogens (tertiary/aromatic N) is 1. The number of carboxylic acids is 1. The first-order chi connectivity index (χ1) is 8.04. The van der Waals surface area contributed by atoms with Crippen LogP contribution in [0.15, 0.2) is 0 Å². The highest BCUT2D eigenvalue weighted by atomic mass is 16.4. The number of aliphatic carboxylic acids is 1. The molecular weight excluding hydrogens is 224 g/mol. The first kappa shape index (κ1) is 13.9. The molecule has 1 fully saturated rings. The van der Waals surface area contributed by atoms with Crippen molar-refractivity contribution >= 4 is 11.9 Å².